The van der Waals surface area contributed by atoms with E-state index >= 15 is 0 Å². The van der Waals surface area contributed by atoms with Gasteiger partial charge in [-0.1, -0.05) is 6.07 Å². The third kappa shape index (κ3) is 4.17. The Labute approximate surface area is 160 Å². The molecule has 0 spiro atoms. The lowest BCUT2D eigenvalue weighted by atomic mass is 10.2. The van der Waals surface area contributed by atoms with Crippen molar-refractivity contribution in [2.45, 2.75) is 11.4 Å². The molecule has 26 heavy (non-hydrogen) atoms. The van der Waals surface area contributed by atoms with Crippen LogP contribution in [0.4, 0.5) is 0 Å². The molecule has 2 aromatic rings. The summed E-state index contributed by atoms with van der Waals surface area (Å²) >= 11 is 3.22. The number of amides is 1. The maximum Gasteiger partial charge on any atom is 0.254 e. The molecule has 1 aliphatic rings. The highest BCUT2D eigenvalue weighted by atomic mass is 79.9. The van der Waals surface area contributed by atoms with Crippen LogP contribution in [0.5, 0.6) is 0 Å². The van der Waals surface area contributed by atoms with Crippen molar-refractivity contribution in [3.8, 4) is 0 Å². The zero-order valence-corrected chi connectivity index (χ0v) is 16.6. The molecule has 1 fully saturated rings. The first-order valence-electron chi connectivity index (χ1n) is 8.05. The predicted molar refractivity (Wildman–Crippen MR) is 98.2 cm³/mol. The number of benzene rings is 1. The lowest BCUT2D eigenvalue weighted by molar-refractivity contribution is 0.0730. The molecule has 2 heterocycles. The Bertz CT molecular complexity index is 890. The molecule has 0 atom stereocenters. The summed E-state index contributed by atoms with van der Waals surface area (Å²) in [6.07, 6.45) is 0. The molecule has 0 aliphatic carbocycles. The first kappa shape index (κ1) is 19.1. The molecule has 0 unspecified atom stereocenters. The number of hydrogen-bond acceptors (Lipinski definition) is 5. The number of ether oxygens (including phenoxy) is 1. The second-order valence-corrected chi connectivity index (χ2v) is 8.63. The Morgan fingerprint density at radius 1 is 1.23 bits per heavy atom. The molecule has 0 saturated carbocycles. The van der Waals surface area contributed by atoms with E-state index in [1.807, 2.05) is 0 Å². The quantitative estimate of drug-likeness (QED) is 0.709. The van der Waals surface area contributed by atoms with E-state index in [0.29, 0.717) is 42.3 Å². The highest BCUT2D eigenvalue weighted by molar-refractivity contribution is 9.10. The van der Waals surface area contributed by atoms with Crippen LogP contribution in [0.2, 0.25) is 0 Å². The van der Waals surface area contributed by atoms with E-state index in [9.17, 15) is 13.2 Å². The summed E-state index contributed by atoms with van der Waals surface area (Å²) in [7, 11) is -2.00. The van der Waals surface area contributed by atoms with Crippen molar-refractivity contribution in [2.24, 2.45) is 0 Å². The molecule has 1 aliphatic heterocycles. The number of furan rings is 1. The van der Waals surface area contributed by atoms with Gasteiger partial charge in [0.1, 0.15) is 5.76 Å². The molecule has 3 rings (SSSR count). The average Bonchev–Trinajstić information content (AvgIpc) is 3.06. The monoisotopic (exact) mass is 442 g/mol. The number of carbonyl (C=O) groups excluding carboxylic acids is 1. The first-order chi connectivity index (χ1) is 12.4. The Hall–Kier alpha value is -1.68. The number of nitrogens with zero attached hydrogens (tertiary/aromatic N) is 2. The van der Waals surface area contributed by atoms with Gasteiger partial charge >= 0.3 is 0 Å². The Morgan fingerprint density at radius 3 is 2.62 bits per heavy atom. The molecule has 1 aromatic heterocycles. The summed E-state index contributed by atoms with van der Waals surface area (Å²) in [6, 6.07) is 9.64. The van der Waals surface area contributed by atoms with Crippen molar-refractivity contribution in [3.05, 3.63) is 52.4 Å². The molecule has 0 N–H and O–H groups in total. The van der Waals surface area contributed by atoms with E-state index < -0.39 is 10.0 Å². The van der Waals surface area contributed by atoms with Crippen LogP contribution in [0.3, 0.4) is 0 Å². The standard InChI is InChI=1S/C17H19BrN2O5S/c1-19(12-14-5-6-16(18)25-14)17(21)13-3-2-4-15(11-13)26(22,23)20-7-9-24-10-8-20/h2-6,11H,7-10,12H2,1H3. The Morgan fingerprint density at radius 2 is 1.96 bits per heavy atom. The van der Waals surface area contributed by atoms with Crippen molar-refractivity contribution in [2.75, 3.05) is 33.4 Å². The minimum Gasteiger partial charge on any atom is -0.452 e. The van der Waals surface area contributed by atoms with Gasteiger partial charge in [-0.2, -0.15) is 4.31 Å². The van der Waals surface area contributed by atoms with E-state index in [1.54, 1.807) is 31.3 Å². The van der Waals surface area contributed by atoms with E-state index in [4.69, 9.17) is 9.15 Å². The SMILES string of the molecule is CN(Cc1ccc(Br)o1)C(=O)c1cccc(S(=O)(=O)N2CCOCC2)c1. The Kier molecular flexibility index (Phi) is 5.81. The lowest BCUT2D eigenvalue weighted by Crippen LogP contribution is -2.40. The minimum atomic E-state index is -3.64. The van der Waals surface area contributed by atoms with Crippen molar-refractivity contribution < 1.29 is 22.4 Å². The third-order valence-corrected chi connectivity index (χ3v) is 6.38. The fraction of sp³-hybridized carbons (Fsp3) is 0.353. The van der Waals surface area contributed by atoms with Crippen molar-refractivity contribution in [3.63, 3.8) is 0 Å². The number of carbonyl (C=O) groups is 1. The highest BCUT2D eigenvalue weighted by Gasteiger charge is 2.27. The normalized spacial score (nSPS) is 15.8. The summed E-state index contributed by atoms with van der Waals surface area (Å²) in [5.74, 6) is 0.348. The van der Waals surface area contributed by atoms with Gasteiger partial charge in [-0.3, -0.25) is 4.79 Å². The van der Waals surface area contributed by atoms with Crippen molar-refractivity contribution >= 4 is 31.9 Å². The summed E-state index contributed by atoms with van der Waals surface area (Å²) in [6.45, 7) is 1.66. The highest BCUT2D eigenvalue weighted by Crippen LogP contribution is 2.20. The van der Waals surface area contributed by atoms with E-state index in [0.717, 1.165) is 0 Å². The van der Waals surface area contributed by atoms with E-state index in [-0.39, 0.29) is 17.3 Å². The van der Waals surface area contributed by atoms with Gasteiger partial charge in [-0.05, 0) is 46.3 Å². The zero-order valence-electron chi connectivity index (χ0n) is 14.2. The number of rotatable bonds is 5. The van der Waals surface area contributed by atoms with Crippen LogP contribution in [-0.2, 0) is 21.3 Å². The molecule has 1 saturated heterocycles. The zero-order chi connectivity index (χ0) is 18.7. The van der Waals surface area contributed by atoms with Crippen LogP contribution >= 0.6 is 15.9 Å². The maximum atomic E-state index is 12.8. The van der Waals surface area contributed by atoms with Crippen LogP contribution in [0.15, 0.2) is 50.4 Å². The van der Waals surface area contributed by atoms with Crippen LogP contribution in [0.25, 0.3) is 0 Å². The van der Waals surface area contributed by atoms with Gasteiger partial charge in [0, 0.05) is 25.7 Å². The molecule has 9 heteroatoms. The molecule has 1 aromatic carbocycles. The van der Waals surface area contributed by atoms with Gasteiger partial charge in [-0.15, -0.1) is 0 Å². The summed E-state index contributed by atoms with van der Waals surface area (Å²) in [5, 5.41) is 0. The van der Waals surface area contributed by atoms with Crippen LogP contribution in [0, 0.1) is 0 Å². The molecular formula is C17H19BrN2O5S. The van der Waals surface area contributed by atoms with Crippen LogP contribution < -0.4 is 0 Å². The van der Waals surface area contributed by atoms with E-state index in [2.05, 4.69) is 15.9 Å². The van der Waals surface area contributed by atoms with Crippen molar-refractivity contribution in [1.82, 2.24) is 9.21 Å². The first-order valence-corrected chi connectivity index (χ1v) is 10.3. The molecular weight excluding hydrogens is 424 g/mol. The topological polar surface area (TPSA) is 80.1 Å². The summed E-state index contributed by atoms with van der Waals surface area (Å²) in [4.78, 5) is 14.2. The lowest BCUT2D eigenvalue weighted by Gasteiger charge is -2.26. The third-order valence-electron chi connectivity index (χ3n) is 4.06. The number of halogens is 1. The van der Waals surface area contributed by atoms with Gasteiger partial charge < -0.3 is 14.1 Å². The Balaban J connectivity index is 1.78. The number of sulfonamides is 1. The van der Waals surface area contributed by atoms with Gasteiger partial charge in [0.05, 0.1) is 24.7 Å². The minimum absolute atomic E-state index is 0.111. The maximum absolute atomic E-state index is 12.8. The summed E-state index contributed by atoms with van der Waals surface area (Å²) in [5.41, 5.74) is 0.312. The number of morpholine rings is 1. The van der Waals surface area contributed by atoms with Gasteiger partial charge in [0.2, 0.25) is 10.0 Å². The second kappa shape index (κ2) is 7.91. The van der Waals surface area contributed by atoms with Crippen LogP contribution in [-0.4, -0.2) is 56.9 Å². The predicted octanol–water partition coefficient (Wildman–Crippen LogP) is 2.34. The van der Waals surface area contributed by atoms with Crippen molar-refractivity contribution in [1.29, 1.82) is 0 Å². The van der Waals surface area contributed by atoms with E-state index in [1.165, 1.54) is 21.3 Å². The molecule has 140 valence electrons. The smallest absolute Gasteiger partial charge is 0.254 e. The average molecular weight is 443 g/mol. The molecule has 7 nitrogen and oxygen atoms in total. The van der Waals surface area contributed by atoms with Crippen LogP contribution in [0.1, 0.15) is 16.1 Å². The number of hydrogen-bond donors (Lipinski definition) is 0. The van der Waals surface area contributed by atoms with Gasteiger partial charge in [-0.25, -0.2) is 8.42 Å². The summed E-state index contributed by atoms with van der Waals surface area (Å²) < 4.78 is 38.1. The molecule has 0 bridgehead atoms. The fourth-order valence-electron chi connectivity index (χ4n) is 2.69. The fourth-order valence-corrected chi connectivity index (χ4v) is 4.48. The van der Waals surface area contributed by atoms with Gasteiger partial charge in [0.15, 0.2) is 4.67 Å². The van der Waals surface area contributed by atoms with Gasteiger partial charge in [0.25, 0.3) is 5.91 Å². The second-order valence-electron chi connectivity index (χ2n) is 5.91. The molecule has 1 amide bonds. The molecule has 0 radical (unpaired) electrons. The largest absolute Gasteiger partial charge is 0.452 e.